The maximum atomic E-state index is 9.37. The molecule has 1 atom stereocenters. The van der Waals surface area contributed by atoms with Gasteiger partial charge < -0.3 is 10.8 Å². The lowest BCUT2D eigenvalue weighted by atomic mass is 9.95. The van der Waals surface area contributed by atoms with Crippen molar-refractivity contribution >= 4 is 0 Å². The summed E-state index contributed by atoms with van der Waals surface area (Å²) in [5.74, 6) is 0.517. The van der Waals surface area contributed by atoms with Crippen LogP contribution >= 0.6 is 0 Å². The summed E-state index contributed by atoms with van der Waals surface area (Å²) in [5.41, 5.74) is 4.65. The maximum absolute atomic E-state index is 9.37. The highest BCUT2D eigenvalue weighted by atomic mass is 16.3. The minimum atomic E-state index is -0.659. The van der Waals surface area contributed by atoms with Crippen LogP contribution in [0.5, 0.6) is 0 Å². The Morgan fingerprint density at radius 2 is 2.00 bits per heavy atom. The van der Waals surface area contributed by atoms with Gasteiger partial charge in [-0.3, -0.25) is 0 Å². The smallest absolute Gasteiger partial charge is 0.0743 e. The van der Waals surface area contributed by atoms with E-state index >= 15 is 0 Å². The van der Waals surface area contributed by atoms with Crippen LogP contribution in [0.2, 0.25) is 0 Å². The highest BCUT2D eigenvalue weighted by molar-refractivity contribution is 4.74. The standard InChI is InChI=1S/C7H17NO/c1-6(2)4-7(3,9)5-8/h6,9H,4-5,8H2,1-3H3/t7-/m0/s1. The molecule has 0 radical (unpaired) electrons. The second kappa shape index (κ2) is 3.18. The van der Waals surface area contributed by atoms with Gasteiger partial charge in [0.1, 0.15) is 0 Å². The largest absolute Gasteiger partial charge is 0.389 e. The number of hydrogen-bond acceptors (Lipinski definition) is 2. The van der Waals surface area contributed by atoms with Crippen LogP contribution in [-0.4, -0.2) is 17.3 Å². The third-order valence-corrected chi connectivity index (χ3v) is 1.29. The fourth-order valence-electron chi connectivity index (χ4n) is 0.963. The van der Waals surface area contributed by atoms with Gasteiger partial charge in [-0.05, 0) is 19.3 Å². The van der Waals surface area contributed by atoms with Crippen LogP contribution < -0.4 is 5.73 Å². The van der Waals surface area contributed by atoms with E-state index in [1.54, 1.807) is 6.92 Å². The first-order valence-corrected chi connectivity index (χ1v) is 3.40. The zero-order chi connectivity index (χ0) is 7.49. The van der Waals surface area contributed by atoms with E-state index in [9.17, 15) is 5.11 Å². The average molecular weight is 131 g/mol. The number of rotatable bonds is 3. The highest BCUT2D eigenvalue weighted by Crippen LogP contribution is 2.13. The average Bonchev–Trinajstić information content (AvgIpc) is 1.63. The molecule has 0 bridgehead atoms. The third-order valence-electron chi connectivity index (χ3n) is 1.29. The fraction of sp³-hybridized carbons (Fsp3) is 1.00. The van der Waals surface area contributed by atoms with Crippen molar-refractivity contribution in [1.82, 2.24) is 0 Å². The second-order valence-corrected chi connectivity index (χ2v) is 3.30. The van der Waals surface area contributed by atoms with Crippen LogP contribution in [0.1, 0.15) is 27.2 Å². The van der Waals surface area contributed by atoms with E-state index in [-0.39, 0.29) is 0 Å². The van der Waals surface area contributed by atoms with Crippen molar-refractivity contribution in [1.29, 1.82) is 0 Å². The first-order chi connectivity index (χ1) is 3.98. The van der Waals surface area contributed by atoms with Crippen LogP contribution in [0.15, 0.2) is 0 Å². The Morgan fingerprint density at radius 1 is 1.56 bits per heavy atom. The molecule has 0 aliphatic rings. The summed E-state index contributed by atoms with van der Waals surface area (Å²) < 4.78 is 0. The zero-order valence-electron chi connectivity index (χ0n) is 6.52. The molecule has 0 unspecified atom stereocenters. The fourth-order valence-corrected chi connectivity index (χ4v) is 0.963. The Labute approximate surface area is 57.1 Å². The summed E-state index contributed by atoms with van der Waals surface area (Å²) >= 11 is 0. The quantitative estimate of drug-likeness (QED) is 0.593. The van der Waals surface area contributed by atoms with Gasteiger partial charge in [0.05, 0.1) is 5.60 Å². The van der Waals surface area contributed by atoms with Crippen molar-refractivity contribution in [2.24, 2.45) is 11.7 Å². The first kappa shape index (κ1) is 8.92. The van der Waals surface area contributed by atoms with Crippen LogP contribution in [0.25, 0.3) is 0 Å². The number of hydrogen-bond donors (Lipinski definition) is 2. The van der Waals surface area contributed by atoms with Gasteiger partial charge in [0.25, 0.3) is 0 Å². The van der Waals surface area contributed by atoms with Gasteiger partial charge in [-0.25, -0.2) is 0 Å². The van der Waals surface area contributed by atoms with Gasteiger partial charge >= 0.3 is 0 Å². The Hall–Kier alpha value is -0.0800. The molecule has 0 fully saturated rings. The molecule has 2 nitrogen and oxygen atoms in total. The summed E-state index contributed by atoms with van der Waals surface area (Å²) in [6, 6.07) is 0. The molecule has 0 saturated carbocycles. The Bertz CT molecular complexity index is 79.0. The minimum Gasteiger partial charge on any atom is -0.389 e. The van der Waals surface area contributed by atoms with Crippen molar-refractivity contribution in [2.45, 2.75) is 32.8 Å². The Balaban J connectivity index is 3.58. The topological polar surface area (TPSA) is 46.2 Å². The molecule has 0 heterocycles. The molecule has 0 aromatic carbocycles. The lowest BCUT2D eigenvalue weighted by molar-refractivity contribution is 0.0473. The minimum absolute atomic E-state index is 0.352. The molecule has 0 aromatic rings. The third kappa shape index (κ3) is 4.43. The van der Waals surface area contributed by atoms with Gasteiger partial charge in [0.2, 0.25) is 0 Å². The van der Waals surface area contributed by atoms with Gasteiger partial charge in [-0.1, -0.05) is 13.8 Å². The summed E-state index contributed by atoms with van der Waals surface area (Å²) in [5, 5.41) is 9.37. The summed E-state index contributed by atoms with van der Waals surface area (Å²) in [6.07, 6.45) is 0.781. The molecule has 0 aliphatic heterocycles. The number of nitrogens with two attached hydrogens (primary N) is 1. The molecule has 0 saturated heterocycles. The predicted molar refractivity (Wildman–Crippen MR) is 39.1 cm³/mol. The van der Waals surface area contributed by atoms with Crippen molar-refractivity contribution in [2.75, 3.05) is 6.54 Å². The Kier molecular flexibility index (Phi) is 3.15. The molecule has 0 aliphatic carbocycles. The van der Waals surface area contributed by atoms with Gasteiger partial charge in [-0.2, -0.15) is 0 Å². The lowest BCUT2D eigenvalue weighted by Crippen LogP contribution is -2.35. The molecular weight excluding hydrogens is 114 g/mol. The summed E-state index contributed by atoms with van der Waals surface area (Å²) in [7, 11) is 0. The predicted octanol–water partition coefficient (Wildman–Crippen LogP) is 0.742. The van der Waals surface area contributed by atoms with Gasteiger partial charge in [0.15, 0.2) is 0 Å². The van der Waals surface area contributed by atoms with E-state index in [2.05, 4.69) is 13.8 Å². The van der Waals surface area contributed by atoms with Crippen molar-refractivity contribution in [3.8, 4) is 0 Å². The highest BCUT2D eigenvalue weighted by Gasteiger charge is 2.18. The van der Waals surface area contributed by atoms with E-state index in [0.717, 1.165) is 6.42 Å². The zero-order valence-corrected chi connectivity index (χ0v) is 6.52. The van der Waals surface area contributed by atoms with Crippen molar-refractivity contribution in [3.05, 3.63) is 0 Å². The van der Waals surface area contributed by atoms with E-state index in [1.807, 2.05) is 0 Å². The van der Waals surface area contributed by atoms with Crippen LogP contribution in [0.3, 0.4) is 0 Å². The normalized spacial score (nSPS) is 18.0. The molecule has 0 rings (SSSR count). The molecule has 9 heavy (non-hydrogen) atoms. The van der Waals surface area contributed by atoms with E-state index in [0.29, 0.717) is 12.5 Å². The van der Waals surface area contributed by atoms with Crippen molar-refractivity contribution in [3.63, 3.8) is 0 Å². The van der Waals surface area contributed by atoms with Gasteiger partial charge in [-0.15, -0.1) is 0 Å². The lowest BCUT2D eigenvalue weighted by Gasteiger charge is -2.22. The summed E-state index contributed by atoms with van der Waals surface area (Å²) in [6.45, 7) is 6.27. The molecular formula is C7H17NO. The second-order valence-electron chi connectivity index (χ2n) is 3.30. The molecule has 0 spiro atoms. The van der Waals surface area contributed by atoms with Crippen molar-refractivity contribution < 1.29 is 5.11 Å². The van der Waals surface area contributed by atoms with Crippen LogP contribution in [0.4, 0.5) is 0 Å². The SMILES string of the molecule is CC(C)C[C@](C)(O)CN. The van der Waals surface area contributed by atoms with Gasteiger partial charge in [0, 0.05) is 6.54 Å². The van der Waals surface area contributed by atoms with Crippen LogP contribution in [0, 0.1) is 5.92 Å². The number of aliphatic hydroxyl groups is 1. The maximum Gasteiger partial charge on any atom is 0.0743 e. The first-order valence-electron chi connectivity index (χ1n) is 3.40. The molecule has 0 amide bonds. The molecule has 0 aromatic heterocycles. The van der Waals surface area contributed by atoms with Crippen LogP contribution in [-0.2, 0) is 0 Å². The van der Waals surface area contributed by atoms with E-state index in [1.165, 1.54) is 0 Å². The molecule has 2 heteroatoms. The Morgan fingerprint density at radius 3 is 2.11 bits per heavy atom. The molecule has 56 valence electrons. The van der Waals surface area contributed by atoms with E-state index in [4.69, 9.17) is 5.73 Å². The summed E-state index contributed by atoms with van der Waals surface area (Å²) in [4.78, 5) is 0. The van der Waals surface area contributed by atoms with E-state index < -0.39 is 5.60 Å². The monoisotopic (exact) mass is 131 g/mol. The molecule has 3 N–H and O–H groups in total.